The Bertz CT molecular complexity index is 1030. The number of ether oxygens (including phenoxy) is 2. The quantitative estimate of drug-likeness (QED) is 0.567. The van der Waals surface area contributed by atoms with E-state index in [4.69, 9.17) is 9.47 Å². The number of benzene rings is 2. The van der Waals surface area contributed by atoms with E-state index in [1.165, 1.54) is 29.8 Å². The minimum Gasteiger partial charge on any atom is -0.493 e. The number of amides is 1. The molecule has 5 nitrogen and oxygen atoms in total. The number of carbonyl (C=O) groups excluding carboxylic acids is 1. The molecule has 4 rings (SSSR count). The maximum atomic E-state index is 12.8. The Labute approximate surface area is 202 Å². The van der Waals surface area contributed by atoms with Crippen molar-refractivity contribution in [2.24, 2.45) is 5.92 Å². The van der Waals surface area contributed by atoms with Gasteiger partial charge in [-0.25, -0.2) is 0 Å². The Hall–Kier alpha value is -2.39. The second-order valence-electron chi connectivity index (χ2n) is 9.14. The van der Waals surface area contributed by atoms with Crippen LogP contribution in [0.4, 0.5) is 13.2 Å². The summed E-state index contributed by atoms with van der Waals surface area (Å²) in [4.78, 5) is 15.2. The molecule has 1 amide bonds. The number of hydrogen-bond donors (Lipinski definition) is 1. The number of halogens is 3. The van der Waals surface area contributed by atoms with Gasteiger partial charge in [0.25, 0.3) is 5.91 Å². The number of carbonyl (C=O) groups is 1. The van der Waals surface area contributed by atoms with Crippen LogP contribution in [0.15, 0.2) is 47.4 Å². The smallest absolute Gasteiger partial charge is 0.446 e. The molecule has 2 fully saturated rings. The summed E-state index contributed by atoms with van der Waals surface area (Å²) in [5.74, 6) is 1.52. The maximum absolute atomic E-state index is 12.8. The van der Waals surface area contributed by atoms with E-state index in [-0.39, 0.29) is 34.0 Å². The fraction of sp³-hybridized carbons (Fsp3) is 0.480. The van der Waals surface area contributed by atoms with Gasteiger partial charge in [-0.2, -0.15) is 13.2 Å². The van der Waals surface area contributed by atoms with Crippen LogP contribution < -0.4 is 14.8 Å². The van der Waals surface area contributed by atoms with Gasteiger partial charge in [-0.1, -0.05) is 6.07 Å². The number of alkyl halides is 3. The second kappa shape index (κ2) is 9.70. The van der Waals surface area contributed by atoms with Crippen molar-refractivity contribution in [3.63, 3.8) is 0 Å². The van der Waals surface area contributed by atoms with Crippen molar-refractivity contribution < 1.29 is 27.4 Å². The fourth-order valence-electron chi connectivity index (χ4n) is 5.53. The normalized spacial score (nSPS) is 25.0. The van der Waals surface area contributed by atoms with Crippen LogP contribution in [0.3, 0.4) is 0 Å². The largest absolute Gasteiger partial charge is 0.493 e. The molecule has 3 atom stereocenters. The maximum Gasteiger partial charge on any atom is 0.446 e. The summed E-state index contributed by atoms with van der Waals surface area (Å²) in [6.45, 7) is 1.87. The number of hydrogen-bond acceptors (Lipinski definition) is 5. The van der Waals surface area contributed by atoms with E-state index in [1.54, 1.807) is 14.2 Å². The second-order valence-corrected chi connectivity index (χ2v) is 10.3. The summed E-state index contributed by atoms with van der Waals surface area (Å²) in [6.07, 6.45) is 2.59. The molecule has 2 aliphatic rings. The van der Waals surface area contributed by atoms with Gasteiger partial charge < -0.3 is 19.7 Å². The number of likely N-dealkylation sites (N-methyl/N-ethyl adjacent to an activating group) is 1. The fourth-order valence-corrected chi connectivity index (χ4v) is 6.07. The van der Waals surface area contributed by atoms with Crippen molar-refractivity contribution in [3.8, 4) is 11.5 Å². The molecule has 1 saturated carbocycles. The molecule has 184 valence electrons. The number of likely N-dealkylation sites (tertiary alicyclic amines) is 1. The first-order valence-corrected chi connectivity index (χ1v) is 12.0. The Morgan fingerprint density at radius 3 is 2.47 bits per heavy atom. The van der Waals surface area contributed by atoms with Gasteiger partial charge in [0.1, 0.15) is 0 Å². The van der Waals surface area contributed by atoms with Crippen LogP contribution in [0, 0.1) is 5.92 Å². The van der Waals surface area contributed by atoms with E-state index in [2.05, 4.69) is 29.4 Å². The van der Waals surface area contributed by atoms with Crippen molar-refractivity contribution in [3.05, 3.63) is 53.6 Å². The monoisotopic (exact) mass is 494 g/mol. The number of methoxy groups -OCH3 is 2. The van der Waals surface area contributed by atoms with Crippen LogP contribution in [0.1, 0.15) is 35.2 Å². The zero-order valence-corrected chi connectivity index (χ0v) is 20.3. The molecule has 0 radical (unpaired) electrons. The molecule has 2 aromatic rings. The van der Waals surface area contributed by atoms with Gasteiger partial charge in [0, 0.05) is 35.0 Å². The van der Waals surface area contributed by atoms with E-state index in [9.17, 15) is 18.0 Å². The van der Waals surface area contributed by atoms with Crippen LogP contribution in [0.25, 0.3) is 0 Å². The number of fused-ring (bicyclic) bond motifs is 1. The molecule has 1 saturated heterocycles. The number of nitrogens with zero attached hydrogens (tertiary/aromatic N) is 1. The van der Waals surface area contributed by atoms with Crippen LogP contribution >= 0.6 is 11.8 Å². The zero-order chi connectivity index (χ0) is 24.5. The SMILES string of the molecule is COc1ccc([C@@]23CC[C@@H](NC(=O)c4ccc(SC(F)(F)F)cc4)C[C@@H]2CN(C)C3)cc1OC. The van der Waals surface area contributed by atoms with Crippen LogP contribution in [-0.4, -0.2) is 56.7 Å². The molecule has 1 aliphatic heterocycles. The molecule has 2 aromatic carbocycles. The standard InChI is InChI=1S/C25H29F3N2O3S/c1-30-14-18-12-19(29-23(31)16-4-7-20(8-5-16)34-25(26,27)28)10-11-24(18,15-30)17-6-9-21(32-2)22(13-17)33-3/h4-9,13,18-19H,10-12,14-15H2,1-3H3,(H,29,31)/t18-,19-,24+/m1/s1. The van der Waals surface area contributed by atoms with E-state index in [0.29, 0.717) is 23.0 Å². The third kappa shape index (κ3) is 5.15. The molecule has 0 bridgehead atoms. The van der Waals surface area contributed by atoms with Gasteiger partial charge in [0.2, 0.25) is 0 Å². The Kier molecular flexibility index (Phi) is 7.05. The molecular formula is C25H29F3N2O3S. The minimum absolute atomic E-state index is 0.0153. The lowest BCUT2D eigenvalue weighted by Gasteiger charge is -2.43. The first-order chi connectivity index (χ1) is 16.1. The summed E-state index contributed by atoms with van der Waals surface area (Å²) >= 11 is -0.183. The first-order valence-electron chi connectivity index (χ1n) is 11.2. The van der Waals surface area contributed by atoms with Gasteiger partial charge in [0.05, 0.1) is 14.2 Å². The zero-order valence-electron chi connectivity index (χ0n) is 19.4. The van der Waals surface area contributed by atoms with Crippen LogP contribution in [0.2, 0.25) is 0 Å². The van der Waals surface area contributed by atoms with Gasteiger partial charge in [-0.3, -0.25) is 4.79 Å². The molecule has 0 aromatic heterocycles. The molecule has 1 heterocycles. The Morgan fingerprint density at radius 2 is 1.82 bits per heavy atom. The molecule has 1 aliphatic carbocycles. The summed E-state index contributed by atoms with van der Waals surface area (Å²) < 4.78 is 48.6. The summed E-state index contributed by atoms with van der Waals surface area (Å²) in [5.41, 5.74) is -2.78. The van der Waals surface area contributed by atoms with Crippen LogP contribution in [0.5, 0.6) is 11.5 Å². The van der Waals surface area contributed by atoms with Gasteiger partial charge in [-0.15, -0.1) is 0 Å². The molecule has 9 heteroatoms. The lowest BCUT2D eigenvalue weighted by molar-refractivity contribution is -0.0328. The predicted molar refractivity (Wildman–Crippen MR) is 126 cm³/mol. The third-order valence-electron chi connectivity index (χ3n) is 7.02. The topological polar surface area (TPSA) is 50.8 Å². The summed E-state index contributed by atoms with van der Waals surface area (Å²) in [5, 5.41) is 3.11. The highest BCUT2D eigenvalue weighted by atomic mass is 32.2. The third-order valence-corrected chi connectivity index (χ3v) is 7.76. The van der Waals surface area contributed by atoms with E-state index in [0.717, 1.165) is 32.4 Å². The Balaban J connectivity index is 1.46. The molecule has 1 N–H and O–H groups in total. The summed E-state index contributed by atoms with van der Waals surface area (Å²) in [7, 11) is 5.38. The van der Waals surface area contributed by atoms with Crippen molar-refractivity contribution in [2.75, 3.05) is 34.4 Å². The molecule has 0 spiro atoms. The number of thioether (sulfide) groups is 1. The van der Waals surface area contributed by atoms with Crippen molar-refractivity contribution >= 4 is 17.7 Å². The van der Waals surface area contributed by atoms with Crippen molar-refractivity contribution in [1.82, 2.24) is 10.2 Å². The van der Waals surface area contributed by atoms with E-state index >= 15 is 0 Å². The highest BCUT2D eigenvalue weighted by Gasteiger charge is 2.50. The van der Waals surface area contributed by atoms with E-state index < -0.39 is 5.51 Å². The lowest BCUT2D eigenvalue weighted by Crippen LogP contribution is -2.47. The van der Waals surface area contributed by atoms with E-state index in [1.807, 2.05) is 6.07 Å². The predicted octanol–water partition coefficient (Wildman–Crippen LogP) is 5.10. The average molecular weight is 495 g/mol. The lowest BCUT2D eigenvalue weighted by atomic mass is 9.63. The Morgan fingerprint density at radius 1 is 1.12 bits per heavy atom. The highest BCUT2D eigenvalue weighted by molar-refractivity contribution is 8.00. The molecule has 34 heavy (non-hydrogen) atoms. The minimum atomic E-state index is -4.35. The van der Waals surface area contributed by atoms with Gasteiger partial charge in [-0.05, 0) is 86.0 Å². The van der Waals surface area contributed by atoms with Crippen LogP contribution in [-0.2, 0) is 5.41 Å². The molecular weight excluding hydrogens is 465 g/mol. The highest BCUT2D eigenvalue weighted by Crippen LogP contribution is 2.49. The summed E-state index contributed by atoms with van der Waals surface area (Å²) in [6, 6.07) is 11.7. The van der Waals surface area contributed by atoms with Crippen molar-refractivity contribution in [1.29, 1.82) is 0 Å². The average Bonchev–Trinajstić information content (AvgIpc) is 3.14. The van der Waals surface area contributed by atoms with Gasteiger partial charge in [0.15, 0.2) is 11.5 Å². The van der Waals surface area contributed by atoms with Gasteiger partial charge >= 0.3 is 5.51 Å². The molecule has 0 unspecified atom stereocenters. The van der Waals surface area contributed by atoms with Crippen molar-refractivity contribution in [2.45, 2.75) is 41.1 Å². The number of nitrogens with one attached hydrogen (secondary N) is 1. The first kappa shape index (κ1) is 24.7. The number of rotatable bonds is 6.